The molecule has 0 radical (unpaired) electrons. The number of halogens is 1. The number of rotatable bonds is 1. The second kappa shape index (κ2) is 4.34. The van der Waals surface area contributed by atoms with Crippen LogP contribution in [0.5, 0.6) is 0 Å². The lowest BCUT2D eigenvalue weighted by atomic mass is 10.1. The highest BCUT2D eigenvalue weighted by atomic mass is 79.9. The van der Waals surface area contributed by atoms with Crippen molar-refractivity contribution in [1.82, 2.24) is 15.5 Å². The van der Waals surface area contributed by atoms with Gasteiger partial charge in [0.25, 0.3) is 0 Å². The molecule has 1 aromatic rings. The molecule has 1 aliphatic rings. The van der Waals surface area contributed by atoms with Gasteiger partial charge in [-0.1, -0.05) is 5.16 Å². The fourth-order valence-corrected chi connectivity index (χ4v) is 1.94. The van der Waals surface area contributed by atoms with Gasteiger partial charge in [-0.2, -0.15) is 5.10 Å². The first-order valence-electron chi connectivity index (χ1n) is 4.74. The van der Waals surface area contributed by atoms with Crippen LogP contribution in [0.3, 0.4) is 0 Å². The van der Waals surface area contributed by atoms with Crippen LogP contribution in [0, 0.1) is 13.8 Å². The molecule has 6 nitrogen and oxygen atoms in total. The number of aliphatic hydroxyl groups excluding tert-OH is 1. The number of hydrogen-bond acceptors (Lipinski definition) is 6. The van der Waals surface area contributed by atoms with Crippen molar-refractivity contribution in [3.8, 4) is 0 Å². The largest absolute Gasteiger partial charge is 0.389 e. The molecule has 1 unspecified atom stereocenters. The molecule has 2 rings (SSSR count). The highest BCUT2D eigenvalue weighted by Gasteiger charge is 2.21. The number of nitrogens with one attached hydrogen (secondary N) is 1. The van der Waals surface area contributed by atoms with Crippen molar-refractivity contribution in [3.05, 3.63) is 21.4 Å². The summed E-state index contributed by atoms with van der Waals surface area (Å²) in [7, 11) is 0. The third-order valence-corrected chi connectivity index (χ3v) is 2.90. The molecule has 0 bridgehead atoms. The van der Waals surface area contributed by atoms with E-state index in [1.165, 1.54) is 0 Å². The summed E-state index contributed by atoms with van der Waals surface area (Å²) in [5, 5.41) is 24.0. The minimum absolute atomic E-state index is 0.137. The lowest BCUT2D eigenvalue weighted by Crippen LogP contribution is -2.42. The van der Waals surface area contributed by atoms with E-state index in [-0.39, 0.29) is 6.61 Å². The Labute approximate surface area is 101 Å². The van der Waals surface area contributed by atoms with Crippen molar-refractivity contribution < 1.29 is 9.94 Å². The van der Waals surface area contributed by atoms with Gasteiger partial charge in [0.1, 0.15) is 4.60 Å². The third kappa shape index (κ3) is 2.00. The van der Waals surface area contributed by atoms with E-state index < -0.39 is 6.23 Å². The van der Waals surface area contributed by atoms with Crippen LogP contribution in [0.4, 0.5) is 0 Å². The molecule has 0 saturated carbocycles. The number of nitrogens with zero attached hydrogens (tertiary/aromatic N) is 3. The SMILES string of the molecule is Cc1nnc(Br)c(C2=NOCC(O)N2)c1C. The summed E-state index contributed by atoms with van der Waals surface area (Å²) in [5.74, 6) is 0.459. The topological polar surface area (TPSA) is 79.6 Å². The summed E-state index contributed by atoms with van der Waals surface area (Å²) in [6, 6.07) is 0. The Morgan fingerprint density at radius 2 is 2.19 bits per heavy atom. The van der Waals surface area contributed by atoms with Gasteiger partial charge in [-0.15, -0.1) is 5.10 Å². The molecular weight excluding hydrogens is 276 g/mol. The third-order valence-electron chi connectivity index (χ3n) is 2.34. The minimum atomic E-state index is -0.757. The molecule has 0 aliphatic carbocycles. The number of amidine groups is 1. The van der Waals surface area contributed by atoms with Crippen LogP contribution in [-0.2, 0) is 4.84 Å². The van der Waals surface area contributed by atoms with E-state index in [9.17, 15) is 5.11 Å². The summed E-state index contributed by atoms with van der Waals surface area (Å²) in [6.07, 6.45) is -0.757. The van der Waals surface area contributed by atoms with E-state index in [4.69, 9.17) is 4.84 Å². The predicted octanol–water partition coefficient (Wildman–Crippen LogP) is 0.456. The van der Waals surface area contributed by atoms with Crippen molar-refractivity contribution in [1.29, 1.82) is 0 Å². The van der Waals surface area contributed by atoms with Crippen molar-refractivity contribution >= 4 is 21.8 Å². The van der Waals surface area contributed by atoms with Crippen LogP contribution in [0.25, 0.3) is 0 Å². The van der Waals surface area contributed by atoms with Gasteiger partial charge in [0, 0.05) is 0 Å². The molecule has 0 amide bonds. The molecule has 7 heteroatoms. The molecule has 0 aromatic carbocycles. The van der Waals surface area contributed by atoms with Gasteiger partial charge in [-0.3, -0.25) is 0 Å². The van der Waals surface area contributed by atoms with Crippen molar-refractivity contribution in [3.63, 3.8) is 0 Å². The molecule has 2 heterocycles. The van der Waals surface area contributed by atoms with Gasteiger partial charge >= 0.3 is 0 Å². The predicted molar refractivity (Wildman–Crippen MR) is 60.8 cm³/mol. The van der Waals surface area contributed by atoms with Gasteiger partial charge in [0.2, 0.25) is 0 Å². The molecular formula is C9H11BrN4O2. The van der Waals surface area contributed by atoms with Gasteiger partial charge in [0.05, 0.1) is 11.3 Å². The summed E-state index contributed by atoms with van der Waals surface area (Å²) in [4.78, 5) is 4.91. The molecule has 0 saturated heterocycles. The van der Waals surface area contributed by atoms with Gasteiger partial charge in [-0.05, 0) is 35.3 Å². The fourth-order valence-electron chi connectivity index (χ4n) is 1.37. The second-order valence-corrected chi connectivity index (χ2v) is 4.22. The van der Waals surface area contributed by atoms with E-state index in [1.807, 2.05) is 13.8 Å². The van der Waals surface area contributed by atoms with Crippen LogP contribution in [0.15, 0.2) is 9.76 Å². The Kier molecular flexibility index (Phi) is 3.06. The van der Waals surface area contributed by atoms with Crippen LogP contribution in [0.2, 0.25) is 0 Å². The first-order valence-corrected chi connectivity index (χ1v) is 5.53. The van der Waals surface area contributed by atoms with Gasteiger partial charge < -0.3 is 15.3 Å². The van der Waals surface area contributed by atoms with E-state index >= 15 is 0 Å². The zero-order valence-corrected chi connectivity index (χ0v) is 10.4. The fraction of sp³-hybridized carbons (Fsp3) is 0.444. The lowest BCUT2D eigenvalue weighted by Gasteiger charge is -2.21. The number of aromatic nitrogens is 2. The standard InChI is InChI=1S/C9H11BrN4O2/c1-4-5(2)12-13-8(10)7(4)9-11-6(15)3-16-14-9/h6,15H,3H2,1-2H3,(H,11,14). The molecule has 16 heavy (non-hydrogen) atoms. The average molecular weight is 287 g/mol. The van der Waals surface area contributed by atoms with Crippen LogP contribution in [0.1, 0.15) is 16.8 Å². The second-order valence-electron chi connectivity index (χ2n) is 3.47. The zero-order chi connectivity index (χ0) is 11.7. The molecule has 1 aromatic heterocycles. The summed E-state index contributed by atoms with van der Waals surface area (Å²) in [6.45, 7) is 3.91. The molecule has 1 atom stereocenters. The maximum atomic E-state index is 9.42. The minimum Gasteiger partial charge on any atom is -0.389 e. The molecule has 0 spiro atoms. The Hall–Kier alpha value is -1.21. The highest BCUT2D eigenvalue weighted by Crippen LogP contribution is 2.20. The quantitative estimate of drug-likeness (QED) is 0.784. The van der Waals surface area contributed by atoms with Crippen molar-refractivity contribution in [2.24, 2.45) is 5.16 Å². The molecule has 86 valence electrons. The molecule has 1 aliphatic heterocycles. The van der Waals surface area contributed by atoms with Crippen molar-refractivity contribution in [2.45, 2.75) is 20.1 Å². The highest BCUT2D eigenvalue weighted by molar-refractivity contribution is 9.10. The first kappa shape index (κ1) is 11.3. The zero-order valence-electron chi connectivity index (χ0n) is 8.86. The number of aryl methyl sites for hydroxylation is 1. The first-order chi connectivity index (χ1) is 7.59. The van der Waals surface area contributed by atoms with E-state index in [1.54, 1.807) is 0 Å². The van der Waals surface area contributed by atoms with Gasteiger partial charge in [-0.25, -0.2) is 0 Å². The summed E-state index contributed by atoms with van der Waals surface area (Å²) < 4.78 is 0.569. The average Bonchev–Trinajstić information content (AvgIpc) is 2.24. The maximum absolute atomic E-state index is 9.42. The van der Waals surface area contributed by atoms with E-state index in [0.717, 1.165) is 16.8 Å². The number of hydrogen-bond donors (Lipinski definition) is 2. The van der Waals surface area contributed by atoms with Crippen LogP contribution < -0.4 is 5.32 Å². The van der Waals surface area contributed by atoms with E-state index in [0.29, 0.717) is 10.4 Å². The Morgan fingerprint density at radius 3 is 2.88 bits per heavy atom. The number of aliphatic hydroxyl groups is 1. The smallest absolute Gasteiger partial charge is 0.178 e. The van der Waals surface area contributed by atoms with Crippen molar-refractivity contribution in [2.75, 3.05) is 6.61 Å². The van der Waals surface area contributed by atoms with Crippen LogP contribution >= 0.6 is 15.9 Å². The number of oxime groups is 1. The summed E-state index contributed by atoms with van der Waals surface area (Å²) >= 11 is 3.31. The normalized spacial score (nSPS) is 19.8. The molecule has 0 fully saturated rings. The van der Waals surface area contributed by atoms with Crippen LogP contribution in [-0.4, -0.2) is 34.0 Å². The monoisotopic (exact) mass is 286 g/mol. The van der Waals surface area contributed by atoms with E-state index in [2.05, 4.69) is 36.6 Å². The lowest BCUT2D eigenvalue weighted by molar-refractivity contribution is 0.0164. The Bertz CT molecular complexity index is 449. The summed E-state index contributed by atoms with van der Waals surface area (Å²) in [5.41, 5.74) is 2.50. The Morgan fingerprint density at radius 1 is 1.44 bits per heavy atom. The molecule has 2 N–H and O–H groups in total. The maximum Gasteiger partial charge on any atom is 0.178 e. The van der Waals surface area contributed by atoms with Gasteiger partial charge in [0.15, 0.2) is 18.7 Å². The Balaban J connectivity index is 2.47.